The molecular formula is C12H8Cl2N4O2S. The Hall–Kier alpha value is -1.88. The fourth-order valence-corrected chi connectivity index (χ4v) is 3.21. The number of sulfonamides is 1. The van der Waals surface area contributed by atoms with E-state index in [1.807, 2.05) is 6.07 Å². The topological polar surface area (TPSA) is 95.7 Å². The first-order valence-electron chi connectivity index (χ1n) is 5.54. The zero-order chi connectivity index (χ0) is 15.6. The van der Waals surface area contributed by atoms with E-state index < -0.39 is 10.0 Å². The summed E-state index contributed by atoms with van der Waals surface area (Å²) in [4.78, 5) is 7.40. The summed E-state index contributed by atoms with van der Waals surface area (Å²) in [6.07, 6.45) is 1.09. The lowest BCUT2D eigenvalue weighted by Gasteiger charge is -2.11. The first-order valence-corrected chi connectivity index (χ1v) is 7.78. The van der Waals surface area contributed by atoms with Crippen molar-refractivity contribution >= 4 is 39.0 Å². The number of aromatic nitrogens is 2. The summed E-state index contributed by atoms with van der Waals surface area (Å²) in [7, 11) is -3.90. The number of benzene rings is 1. The molecule has 0 saturated heterocycles. The quantitative estimate of drug-likeness (QED) is 0.865. The number of nitrogens with one attached hydrogen (secondary N) is 1. The summed E-state index contributed by atoms with van der Waals surface area (Å²) in [5.41, 5.74) is 0.799. The van der Waals surface area contributed by atoms with E-state index in [9.17, 15) is 8.42 Å². The molecule has 0 saturated carbocycles. The molecule has 0 aliphatic heterocycles. The fraction of sp³-hybridized carbons (Fsp3) is 0.0833. The minimum atomic E-state index is -3.90. The highest BCUT2D eigenvalue weighted by molar-refractivity contribution is 7.92. The number of rotatable bonds is 3. The van der Waals surface area contributed by atoms with E-state index >= 15 is 0 Å². The first-order chi connectivity index (χ1) is 9.85. The SMILES string of the molecule is Cc1cc(C#N)ccc1S(=O)(=O)Nc1ncnc(Cl)c1Cl. The average molecular weight is 343 g/mol. The number of hydrogen-bond acceptors (Lipinski definition) is 5. The number of nitriles is 1. The van der Waals surface area contributed by atoms with Crippen LogP contribution < -0.4 is 4.72 Å². The van der Waals surface area contributed by atoms with Gasteiger partial charge in [-0.2, -0.15) is 5.26 Å². The van der Waals surface area contributed by atoms with Crippen LogP contribution >= 0.6 is 23.2 Å². The molecule has 6 nitrogen and oxygen atoms in total. The van der Waals surface area contributed by atoms with Crippen molar-refractivity contribution in [3.8, 4) is 6.07 Å². The van der Waals surface area contributed by atoms with Gasteiger partial charge in [-0.1, -0.05) is 23.2 Å². The molecule has 0 unspecified atom stereocenters. The maximum absolute atomic E-state index is 12.3. The highest BCUT2D eigenvalue weighted by atomic mass is 35.5. The normalized spacial score (nSPS) is 11.0. The standard InChI is InChI=1S/C12H8Cl2N4O2S/c1-7-4-8(5-15)2-3-9(7)21(19,20)18-12-10(13)11(14)16-6-17-12/h2-4,6H,1H3,(H,16,17,18). The Balaban J connectivity index is 2.44. The van der Waals surface area contributed by atoms with Crippen LogP contribution in [0.2, 0.25) is 10.2 Å². The van der Waals surface area contributed by atoms with Crippen molar-refractivity contribution in [2.75, 3.05) is 4.72 Å². The molecule has 1 heterocycles. The molecule has 0 aliphatic rings. The highest BCUT2D eigenvalue weighted by Crippen LogP contribution is 2.28. The summed E-state index contributed by atoms with van der Waals surface area (Å²) < 4.78 is 26.9. The van der Waals surface area contributed by atoms with Gasteiger partial charge < -0.3 is 0 Å². The molecule has 0 spiro atoms. The van der Waals surface area contributed by atoms with Gasteiger partial charge in [0.15, 0.2) is 11.0 Å². The van der Waals surface area contributed by atoms with Crippen LogP contribution in [-0.2, 0) is 10.0 Å². The number of nitrogens with zero attached hydrogens (tertiary/aromatic N) is 3. The van der Waals surface area contributed by atoms with Crippen LogP contribution in [0.4, 0.5) is 5.82 Å². The highest BCUT2D eigenvalue weighted by Gasteiger charge is 2.20. The molecule has 1 aromatic heterocycles. The van der Waals surface area contributed by atoms with E-state index in [1.165, 1.54) is 18.2 Å². The van der Waals surface area contributed by atoms with E-state index in [0.717, 1.165) is 6.33 Å². The molecule has 108 valence electrons. The van der Waals surface area contributed by atoms with Crippen molar-refractivity contribution in [1.29, 1.82) is 5.26 Å². The van der Waals surface area contributed by atoms with Gasteiger partial charge in [0, 0.05) is 0 Å². The lowest BCUT2D eigenvalue weighted by Crippen LogP contribution is -2.15. The Morgan fingerprint density at radius 1 is 1.29 bits per heavy atom. The molecule has 1 N–H and O–H groups in total. The van der Waals surface area contributed by atoms with E-state index in [2.05, 4.69) is 14.7 Å². The number of halogens is 2. The Morgan fingerprint density at radius 3 is 2.62 bits per heavy atom. The minimum Gasteiger partial charge on any atom is -0.262 e. The minimum absolute atomic E-state index is 0.0206. The predicted molar refractivity (Wildman–Crippen MR) is 78.8 cm³/mol. The van der Waals surface area contributed by atoms with Gasteiger partial charge in [0.05, 0.1) is 16.5 Å². The number of aryl methyl sites for hydroxylation is 1. The first kappa shape index (κ1) is 15.5. The summed E-state index contributed by atoms with van der Waals surface area (Å²) in [5.74, 6) is -0.111. The van der Waals surface area contributed by atoms with Crippen LogP contribution in [0.1, 0.15) is 11.1 Å². The van der Waals surface area contributed by atoms with Crippen molar-refractivity contribution in [2.45, 2.75) is 11.8 Å². The second-order valence-corrected chi connectivity index (χ2v) is 6.41. The van der Waals surface area contributed by atoms with Gasteiger partial charge in [0.1, 0.15) is 11.3 Å². The zero-order valence-electron chi connectivity index (χ0n) is 10.6. The number of anilines is 1. The Kier molecular flexibility index (Phi) is 4.32. The lowest BCUT2D eigenvalue weighted by atomic mass is 10.2. The summed E-state index contributed by atoms with van der Waals surface area (Å²) in [6.45, 7) is 1.59. The molecule has 2 rings (SSSR count). The molecule has 0 fully saturated rings. The maximum Gasteiger partial charge on any atom is 0.263 e. The largest absolute Gasteiger partial charge is 0.263 e. The van der Waals surface area contributed by atoms with Crippen molar-refractivity contribution in [1.82, 2.24) is 9.97 Å². The third-order valence-electron chi connectivity index (χ3n) is 2.57. The van der Waals surface area contributed by atoms with Crippen molar-refractivity contribution in [3.05, 3.63) is 45.8 Å². The molecular weight excluding hydrogens is 335 g/mol. The molecule has 2 aromatic rings. The second kappa shape index (κ2) is 5.85. The number of hydrogen-bond donors (Lipinski definition) is 1. The average Bonchev–Trinajstić information content (AvgIpc) is 2.43. The fourth-order valence-electron chi connectivity index (χ4n) is 1.62. The molecule has 0 amide bonds. The predicted octanol–water partition coefficient (Wildman–Crippen LogP) is 2.76. The zero-order valence-corrected chi connectivity index (χ0v) is 13.0. The van der Waals surface area contributed by atoms with Crippen molar-refractivity contribution in [2.24, 2.45) is 0 Å². The van der Waals surface area contributed by atoms with Crippen LogP contribution in [-0.4, -0.2) is 18.4 Å². The van der Waals surface area contributed by atoms with Crippen LogP contribution in [0.15, 0.2) is 29.4 Å². The Morgan fingerprint density at radius 2 is 2.00 bits per heavy atom. The molecule has 21 heavy (non-hydrogen) atoms. The van der Waals surface area contributed by atoms with Crippen LogP contribution in [0.5, 0.6) is 0 Å². The van der Waals surface area contributed by atoms with Crippen LogP contribution in [0, 0.1) is 18.3 Å². The smallest absolute Gasteiger partial charge is 0.262 e. The molecule has 0 atom stereocenters. The molecule has 1 aromatic carbocycles. The Bertz CT molecular complexity index is 847. The molecule has 0 radical (unpaired) electrons. The van der Waals surface area contributed by atoms with E-state index in [0.29, 0.717) is 11.1 Å². The van der Waals surface area contributed by atoms with E-state index in [-0.39, 0.29) is 20.9 Å². The van der Waals surface area contributed by atoms with Crippen molar-refractivity contribution < 1.29 is 8.42 Å². The van der Waals surface area contributed by atoms with Gasteiger partial charge in [-0.25, -0.2) is 18.4 Å². The molecule has 9 heteroatoms. The monoisotopic (exact) mass is 342 g/mol. The van der Waals surface area contributed by atoms with E-state index in [4.69, 9.17) is 28.5 Å². The van der Waals surface area contributed by atoms with Gasteiger partial charge >= 0.3 is 0 Å². The van der Waals surface area contributed by atoms with Crippen LogP contribution in [0.25, 0.3) is 0 Å². The van der Waals surface area contributed by atoms with Gasteiger partial charge in [-0.15, -0.1) is 0 Å². The van der Waals surface area contributed by atoms with Gasteiger partial charge in [0.2, 0.25) is 0 Å². The van der Waals surface area contributed by atoms with E-state index in [1.54, 1.807) is 6.92 Å². The Labute approximate surface area is 131 Å². The van der Waals surface area contributed by atoms with Gasteiger partial charge in [-0.3, -0.25) is 4.72 Å². The van der Waals surface area contributed by atoms with Crippen LogP contribution in [0.3, 0.4) is 0 Å². The summed E-state index contributed by atoms with van der Waals surface area (Å²) >= 11 is 11.6. The molecule has 0 bridgehead atoms. The summed E-state index contributed by atoms with van der Waals surface area (Å²) in [6, 6.07) is 6.17. The molecule has 0 aliphatic carbocycles. The third kappa shape index (κ3) is 3.24. The van der Waals surface area contributed by atoms with Gasteiger partial charge in [-0.05, 0) is 30.7 Å². The van der Waals surface area contributed by atoms with Gasteiger partial charge in [0.25, 0.3) is 10.0 Å². The second-order valence-electron chi connectivity index (χ2n) is 4.02. The third-order valence-corrected chi connectivity index (χ3v) is 4.81. The van der Waals surface area contributed by atoms with Crippen molar-refractivity contribution in [3.63, 3.8) is 0 Å². The maximum atomic E-state index is 12.3. The summed E-state index contributed by atoms with van der Waals surface area (Å²) in [5, 5.41) is 8.65. The lowest BCUT2D eigenvalue weighted by molar-refractivity contribution is 0.600.